The minimum absolute atomic E-state index is 0.00689. The van der Waals surface area contributed by atoms with Crippen molar-refractivity contribution in [2.45, 2.75) is 18.9 Å². The summed E-state index contributed by atoms with van der Waals surface area (Å²) in [4.78, 5) is 13.9. The molecule has 2 aliphatic heterocycles. The fourth-order valence-corrected chi connectivity index (χ4v) is 3.12. The molecule has 5 heteroatoms. The Morgan fingerprint density at radius 3 is 3.13 bits per heavy atom. The Bertz CT molecular complexity index is 231. The third-order valence-corrected chi connectivity index (χ3v) is 4.04. The van der Waals surface area contributed by atoms with E-state index in [1.165, 1.54) is 0 Å². The topological polar surface area (TPSA) is 52.6 Å². The van der Waals surface area contributed by atoms with Gasteiger partial charge >= 0.3 is 0 Å². The van der Waals surface area contributed by atoms with Crippen LogP contribution in [0.2, 0.25) is 0 Å². The van der Waals surface area contributed by atoms with Crippen molar-refractivity contribution in [1.82, 2.24) is 10.2 Å². The number of carbonyl (C=O) groups is 1. The molecule has 0 bridgehead atoms. The van der Waals surface area contributed by atoms with Crippen molar-refractivity contribution < 1.29 is 9.90 Å². The van der Waals surface area contributed by atoms with E-state index in [0.717, 1.165) is 37.6 Å². The van der Waals surface area contributed by atoms with Gasteiger partial charge in [0.2, 0.25) is 5.91 Å². The molecular weight excluding hydrogens is 212 g/mol. The first-order chi connectivity index (χ1) is 7.31. The maximum atomic E-state index is 12.0. The molecule has 2 saturated heterocycles. The number of aliphatic hydroxyl groups excluding tert-OH is 1. The van der Waals surface area contributed by atoms with Gasteiger partial charge in [-0.2, -0.15) is 0 Å². The minimum atomic E-state index is 0.00689. The van der Waals surface area contributed by atoms with Crippen molar-refractivity contribution >= 4 is 17.7 Å². The molecule has 2 rings (SSSR count). The molecule has 0 saturated carbocycles. The van der Waals surface area contributed by atoms with Crippen LogP contribution in [0.25, 0.3) is 0 Å². The monoisotopic (exact) mass is 230 g/mol. The summed E-state index contributed by atoms with van der Waals surface area (Å²) in [5.74, 6) is 2.28. The summed E-state index contributed by atoms with van der Waals surface area (Å²) >= 11 is 1.77. The van der Waals surface area contributed by atoms with Crippen molar-refractivity contribution in [3.05, 3.63) is 0 Å². The van der Waals surface area contributed by atoms with E-state index in [2.05, 4.69) is 5.32 Å². The molecule has 2 atom stereocenters. The molecule has 2 aliphatic rings. The van der Waals surface area contributed by atoms with Gasteiger partial charge in [-0.1, -0.05) is 0 Å². The lowest BCUT2D eigenvalue weighted by Gasteiger charge is -2.33. The average molecular weight is 230 g/mol. The molecular formula is C10H18N2O2S. The van der Waals surface area contributed by atoms with Crippen LogP contribution in [0.1, 0.15) is 12.8 Å². The maximum Gasteiger partial charge on any atom is 0.240 e. The highest BCUT2D eigenvalue weighted by atomic mass is 32.2. The standard InChI is InChI=1S/C10H18N2O2S/c13-5-8-2-1-3-12(4-8)10(14)9-6-15-7-11-9/h8-9,11,13H,1-7H2. The molecule has 86 valence electrons. The number of nitrogens with one attached hydrogen (secondary N) is 1. The van der Waals surface area contributed by atoms with Crippen molar-refractivity contribution in [3.63, 3.8) is 0 Å². The van der Waals surface area contributed by atoms with Crippen LogP contribution in [0.15, 0.2) is 0 Å². The first-order valence-corrected chi connectivity index (χ1v) is 6.67. The lowest BCUT2D eigenvalue weighted by molar-refractivity contribution is -0.134. The lowest BCUT2D eigenvalue weighted by Crippen LogP contribution is -2.49. The van der Waals surface area contributed by atoms with Crippen LogP contribution in [0.4, 0.5) is 0 Å². The second-order valence-corrected chi connectivity index (χ2v) is 5.28. The van der Waals surface area contributed by atoms with Gasteiger partial charge in [-0.25, -0.2) is 0 Å². The summed E-state index contributed by atoms with van der Waals surface area (Å²) in [5, 5.41) is 12.3. The molecule has 0 radical (unpaired) electrons. The van der Waals surface area contributed by atoms with Crippen LogP contribution in [0.3, 0.4) is 0 Å². The molecule has 2 fully saturated rings. The van der Waals surface area contributed by atoms with Gasteiger partial charge in [0.05, 0.1) is 6.04 Å². The number of amides is 1. The molecule has 2 heterocycles. The second kappa shape index (κ2) is 5.18. The Morgan fingerprint density at radius 1 is 1.60 bits per heavy atom. The zero-order valence-electron chi connectivity index (χ0n) is 8.82. The molecule has 1 amide bonds. The zero-order chi connectivity index (χ0) is 10.7. The summed E-state index contributed by atoms with van der Waals surface area (Å²) in [5.41, 5.74) is 0. The van der Waals surface area contributed by atoms with Gasteiger partial charge in [0.1, 0.15) is 0 Å². The van der Waals surface area contributed by atoms with Crippen LogP contribution < -0.4 is 5.32 Å². The van der Waals surface area contributed by atoms with E-state index in [0.29, 0.717) is 0 Å². The van der Waals surface area contributed by atoms with Gasteiger partial charge in [-0.3, -0.25) is 10.1 Å². The molecule has 2 N–H and O–H groups in total. The molecule has 0 aromatic rings. The molecule has 0 aliphatic carbocycles. The normalized spacial score (nSPS) is 31.9. The summed E-state index contributed by atoms with van der Waals surface area (Å²) in [6.07, 6.45) is 2.07. The Morgan fingerprint density at radius 2 is 2.47 bits per heavy atom. The number of nitrogens with zero attached hydrogens (tertiary/aromatic N) is 1. The van der Waals surface area contributed by atoms with Crippen LogP contribution in [0, 0.1) is 5.92 Å². The fourth-order valence-electron chi connectivity index (χ4n) is 2.19. The Labute approximate surface area is 94.4 Å². The number of likely N-dealkylation sites (tertiary alicyclic amines) is 1. The zero-order valence-corrected chi connectivity index (χ0v) is 9.63. The molecule has 0 spiro atoms. The summed E-state index contributed by atoms with van der Waals surface area (Å²) in [6.45, 7) is 1.80. The predicted molar refractivity (Wildman–Crippen MR) is 60.6 cm³/mol. The van der Waals surface area contributed by atoms with Crippen LogP contribution in [-0.4, -0.2) is 53.3 Å². The van der Waals surface area contributed by atoms with E-state index in [1.807, 2.05) is 4.90 Å². The summed E-state index contributed by atoms with van der Waals surface area (Å²) in [7, 11) is 0. The summed E-state index contributed by atoms with van der Waals surface area (Å²) < 4.78 is 0. The number of rotatable bonds is 2. The highest BCUT2D eigenvalue weighted by molar-refractivity contribution is 7.99. The minimum Gasteiger partial charge on any atom is -0.396 e. The van der Waals surface area contributed by atoms with E-state index in [4.69, 9.17) is 5.11 Å². The van der Waals surface area contributed by atoms with Crippen molar-refractivity contribution in [3.8, 4) is 0 Å². The van der Waals surface area contributed by atoms with Crippen molar-refractivity contribution in [2.24, 2.45) is 5.92 Å². The molecule has 0 aromatic heterocycles. The summed E-state index contributed by atoms with van der Waals surface area (Å²) in [6, 6.07) is 0.00689. The number of carbonyl (C=O) groups excluding carboxylic acids is 1. The molecule has 15 heavy (non-hydrogen) atoms. The van der Waals surface area contributed by atoms with Crippen molar-refractivity contribution in [1.29, 1.82) is 0 Å². The average Bonchev–Trinajstić information content (AvgIpc) is 2.81. The fraction of sp³-hybridized carbons (Fsp3) is 0.900. The Balaban J connectivity index is 1.88. The van der Waals surface area contributed by atoms with Gasteiger partial charge in [0.15, 0.2) is 0 Å². The van der Waals surface area contributed by atoms with Crippen LogP contribution >= 0.6 is 11.8 Å². The Kier molecular flexibility index (Phi) is 3.88. The van der Waals surface area contributed by atoms with E-state index in [1.54, 1.807) is 11.8 Å². The third-order valence-electron chi connectivity index (χ3n) is 3.10. The van der Waals surface area contributed by atoms with Gasteiger partial charge in [-0.05, 0) is 18.8 Å². The van der Waals surface area contributed by atoms with E-state index in [-0.39, 0.29) is 24.5 Å². The third kappa shape index (κ3) is 2.65. The van der Waals surface area contributed by atoms with Gasteiger partial charge in [-0.15, -0.1) is 11.8 Å². The number of piperidine rings is 1. The predicted octanol–water partition coefficient (Wildman–Crippen LogP) is -0.120. The van der Waals surface area contributed by atoms with E-state index < -0.39 is 0 Å². The quantitative estimate of drug-likeness (QED) is 0.694. The van der Waals surface area contributed by atoms with Gasteiger partial charge in [0, 0.05) is 31.3 Å². The largest absolute Gasteiger partial charge is 0.396 e. The van der Waals surface area contributed by atoms with Crippen LogP contribution in [-0.2, 0) is 4.79 Å². The molecule has 2 unspecified atom stereocenters. The van der Waals surface area contributed by atoms with Crippen LogP contribution in [0.5, 0.6) is 0 Å². The Hall–Kier alpha value is -0.260. The first-order valence-electron chi connectivity index (χ1n) is 5.52. The highest BCUT2D eigenvalue weighted by Crippen LogP contribution is 2.19. The highest BCUT2D eigenvalue weighted by Gasteiger charge is 2.30. The molecule has 0 aromatic carbocycles. The smallest absolute Gasteiger partial charge is 0.240 e. The van der Waals surface area contributed by atoms with E-state index >= 15 is 0 Å². The number of thioether (sulfide) groups is 1. The van der Waals surface area contributed by atoms with Crippen molar-refractivity contribution in [2.75, 3.05) is 31.3 Å². The van der Waals surface area contributed by atoms with Gasteiger partial charge in [0.25, 0.3) is 0 Å². The first kappa shape index (κ1) is 11.2. The van der Waals surface area contributed by atoms with E-state index in [9.17, 15) is 4.79 Å². The lowest BCUT2D eigenvalue weighted by atomic mass is 9.98. The van der Waals surface area contributed by atoms with Gasteiger partial charge < -0.3 is 10.0 Å². The second-order valence-electron chi connectivity index (χ2n) is 4.25. The SMILES string of the molecule is O=C(C1CSCN1)N1CCCC(CO)C1. The molecule has 4 nitrogen and oxygen atoms in total. The number of aliphatic hydroxyl groups is 1. The number of hydrogen-bond acceptors (Lipinski definition) is 4. The maximum absolute atomic E-state index is 12.0. The number of hydrogen-bond donors (Lipinski definition) is 2.